The summed E-state index contributed by atoms with van der Waals surface area (Å²) < 4.78 is 3.94. The number of carbonyl (C=O) groups is 1. The average molecular weight is 488 g/mol. The second-order valence-electron chi connectivity index (χ2n) is 9.81. The molecule has 1 N–H and O–H groups in total. The number of hydrogen-bond donors (Lipinski definition) is 1. The van der Waals surface area contributed by atoms with Crippen LogP contribution in [0.2, 0.25) is 0 Å². The van der Waals surface area contributed by atoms with Gasteiger partial charge in [0.25, 0.3) is 0 Å². The van der Waals surface area contributed by atoms with Gasteiger partial charge in [-0.15, -0.1) is 10.2 Å². The summed E-state index contributed by atoms with van der Waals surface area (Å²) in [6.07, 6.45) is 5.72. The number of anilines is 1. The lowest BCUT2D eigenvalue weighted by Gasteiger charge is -2.14. The Kier molecular flexibility index (Phi) is 6.19. The van der Waals surface area contributed by atoms with Crippen LogP contribution in [0.3, 0.4) is 0 Å². The first-order valence-electron chi connectivity index (χ1n) is 11.8. The van der Waals surface area contributed by atoms with E-state index in [-0.39, 0.29) is 16.6 Å². The van der Waals surface area contributed by atoms with Gasteiger partial charge in [-0.2, -0.15) is 5.10 Å². The van der Waals surface area contributed by atoms with E-state index in [9.17, 15) is 4.79 Å². The predicted octanol–water partition coefficient (Wildman–Crippen LogP) is 5.28. The maximum Gasteiger partial charge on any atom is 0.238 e. The van der Waals surface area contributed by atoms with Gasteiger partial charge >= 0.3 is 0 Å². The van der Waals surface area contributed by atoms with Gasteiger partial charge in [-0.25, -0.2) is 4.68 Å². The molecule has 35 heavy (non-hydrogen) atoms. The van der Waals surface area contributed by atoms with Crippen molar-refractivity contribution in [3.05, 3.63) is 66.6 Å². The van der Waals surface area contributed by atoms with E-state index in [0.29, 0.717) is 11.9 Å². The SMILES string of the molecule is C[C@@H](Sc1nnc(-c2cccnc2)n1C1CC1)C(=O)Nc1cc(C(C)(C)C)nn1-c1ccccc1. The fourth-order valence-corrected chi connectivity index (χ4v) is 4.67. The Hall–Kier alpha value is -3.46. The van der Waals surface area contributed by atoms with Gasteiger partial charge < -0.3 is 5.32 Å². The van der Waals surface area contributed by atoms with Crippen LogP contribution < -0.4 is 5.32 Å². The highest BCUT2D eigenvalue weighted by Crippen LogP contribution is 2.41. The fourth-order valence-electron chi connectivity index (χ4n) is 3.75. The molecular weight excluding hydrogens is 458 g/mol. The van der Waals surface area contributed by atoms with E-state index in [2.05, 4.69) is 45.8 Å². The second-order valence-corrected chi connectivity index (χ2v) is 11.1. The molecule has 5 rings (SSSR count). The number of nitrogens with zero attached hydrogens (tertiary/aromatic N) is 6. The molecule has 0 aliphatic heterocycles. The Bertz CT molecular complexity index is 1320. The number of thioether (sulfide) groups is 1. The highest BCUT2D eigenvalue weighted by atomic mass is 32.2. The number of nitrogens with one attached hydrogen (secondary N) is 1. The van der Waals surface area contributed by atoms with Crippen molar-refractivity contribution >= 4 is 23.5 Å². The van der Waals surface area contributed by atoms with Crippen molar-refractivity contribution in [3.8, 4) is 17.1 Å². The molecule has 1 fully saturated rings. The summed E-state index contributed by atoms with van der Waals surface area (Å²) in [6.45, 7) is 8.22. The molecule has 3 aromatic heterocycles. The topological polar surface area (TPSA) is 90.5 Å². The van der Waals surface area contributed by atoms with Crippen LogP contribution in [0.25, 0.3) is 17.1 Å². The smallest absolute Gasteiger partial charge is 0.238 e. The van der Waals surface area contributed by atoms with Crippen LogP contribution in [0.5, 0.6) is 0 Å². The van der Waals surface area contributed by atoms with Crippen molar-refractivity contribution in [2.75, 3.05) is 5.32 Å². The summed E-state index contributed by atoms with van der Waals surface area (Å²) in [6, 6.07) is 16.0. The third-order valence-corrected chi connectivity index (χ3v) is 6.93. The number of aromatic nitrogens is 6. The van der Waals surface area contributed by atoms with E-state index in [4.69, 9.17) is 5.10 Å². The number of para-hydroxylation sites is 1. The second kappa shape index (κ2) is 9.30. The molecule has 0 bridgehead atoms. The van der Waals surface area contributed by atoms with Crippen LogP contribution in [0.15, 0.2) is 66.1 Å². The van der Waals surface area contributed by atoms with E-state index < -0.39 is 0 Å². The molecule has 1 aromatic carbocycles. The molecule has 9 heteroatoms. The molecule has 1 saturated carbocycles. The van der Waals surface area contributed by atoms with Crippen molar-refractivity contribution < 1.29 is 4.79 Å². The largest absolute Gasteiger partial charge is 0.310 e. The molecule has 0 spiro atoms. The lowest BCUT2D eigenvalue weighted by Crippen LogP contribution is -2.24. The lowest BCUT2D eigenvalue weighted by molar-refractivity contribution is -0.115. The van der Waals surface area contributed by atoms with Gasteiger partial charge in [0.1, 0.15) is 5.82 Å². The number of amides is 1. The average Bonchev–Trinajstić information content (AvgIpc) is 3.45. The maximum atomic E-state index is 13.3. The number of benzene rings is 1. The van der Waals surface area contributed by atoms with Crippen molar-refractivity contribution in [2.45, 2.75) is 62.4 Å². The zero-order valence-electron chi connectivity index (χ0n) is 20.3. The lowest BCUT2D eigenvalue weighted by atomic mass is 9.92. The summed E-state index contributed by atoms with van der Waals surface area (Å²) in [4.78, 5) is 17.5. The Balaban J connectivity index is 1.38. The summed E-state index contributed by atoms with van der Waals surface area (Å²) in [5, 5.41) is 17.1. The quantitative estimate of drug-likeness (QED) is 0.357. The monoisotopic (exact) mass is 487 g/mol. The summed E-state index contributed by atoms with van der Waals surface area (Å²) in [7, 11) is 0. The van der Waals surface area contributed by atoms with E-state index in [0.717, 1.165) is 40.8 Å². The first-order chi connectivity index (χ1) is 16.8. The number of pyridine rings is 1. The first kappa shape index (κ1) is 23.3. The van der Waals surface area contributed by atoms with Crippen LogP contribution in [0, 0.1) is 0 Å². The molecule has 1 aliphatic rings. The fraction of sp³-hybridized carbons (Fsp3) is 0.346. The van der Waals surface area contributed by atoms with Crippen LogP contribution >= 0.6 is 11.8 Å². The minimum absolute atomic E-state index is 0.110. The molecule has 8 nitrogen and oxygen atoms in total. The molecular formula is C26H29N7OS. The van der Waals surface area contributed by atoms with Gasteiger partial charge in [0, 0.05) is 35.5 Å². The third kappa shape index (κ3) is 5.00. The Morgan fingerprint density at radius 1 is 1.11 bits per heavy atom. The van der Waals surface area contributed by atoms with Crippen LogP contribution in [-0.4, -0.2) is 40.7 Å². The number of hydrogen-bond acceptors (Lipinski definition) is 6. The Labute approximate surface area is 209 Å². The molecule has 3 heterocycles. The normalized spacial score (nSPS) is 14.6. The van der Waals surface area contributed by atoms with E-state index in [1.54, 1.807) is 17.1 Å². The maximum absolute atomic E-state index is 13.3. The number of carbonyl (C=O) groups excluding carboxylic acids is 1. The van der Waals surface area contributed by atoms with Crippen LogP contribution in [-0.2, 0) is 10.2 Å². The molecule has 0 unspecified atom stereocenters. The van der Waals surface area contributed by atoms with Crippen molar-refractivity contribution in [1.29, 1.82) is 0 Å². The predicted molar refractivity (Wildman–Crippen MR) is 138 cm³/mol. The molecule has 180 valence electrons. The van der Waals surface area contributed by atoms with E-state index >= 15 is 0 Å². The van der Waals surface area contributed by atoms with Gasteiger partial charge in [-0.1, -0.05) is 50.7 Å². The van der Waals surface area contributed by atoms with Gasteiger partial charge in [-0.3, -0.25) is 14.3 Å². The minimum Gasteiger partial charge on any atom is -0.310 e. The van der Waals surface area contributed by atoms with E-state index in [1.807, 2.05) is 55.5 Å². The highest BCUT2D eigenvalue weighted by Gasteiger charge is 2.32. The zero-order valence-corrected chi connectivity index (χ0v) is 21.2. The zero-order chi connectivity index (χ0) is 24.6. The van der Waals surface area contributed by atoms with Crippen molar-refractivity contribution in [3.63, 3.8) is 0 Å². The summed E-state index contributed by atoms with van der Waals surface area (Å²) in [5.74, 6) is 1.34. The molecule has 1 atom stereocenters. The van der Waals surface area contributed by atoms with Gasteiger partial charge in [0.2, 0.25) is 5.91 Å². The summed E-state index contributed by atoms with van der Waals surface area (Å²) in [5.41, 5.74) is 2.58. The first-order valence-corrected chi connectivity index (χ1v) is 12.7. The van der Waals surface area contributed by atoms with Gasteiger partial charge in [-0.05, 0) is 44.0 Å². The molecule has 1 aliphatic carbocycles. The minimum atomic E-state index is -0.379. The third-order valence-electron chi connectivity index (χ3n) is 5.88. The van der Waals surface area contributed by atoms with Crippen LogP contribution in [0.4, 0.5) is 5.82 Å². The molecule has 1 amide bonds. The molecule has 0 saturated heterocycles. The highest BCUT2D eigenvalue weighted by molar-refractivity contribution is 8.00. The van der Waals surface area contributed by atoms with E-state index in [1.165, 1.54) is 11.8 Å². The summed E-state index contributed by atoms with van der Waals surface area (Å²) >= 11 is 1.42. The van der Waals surface area contributed by atoms with Crippen molar-refractivity contribution in [2.24, 2.45) is 0 Å². The Morgan fingerprint density at radius 3 is 2.54 bits per heavy atom. The van der Waals surface area contributed by atoms with Gasteiger partial charge in [0.05, 0.1) is 16.6 Å². The Morgan fingerprint density at radius 2 is 1.89 bits per heavy atom. The van der Waals surface area contributed by atoms with Gasteiger partial charge in [0.15, 0.2) is 11.0 Å². The standard InChI is InChI=1S/C26H29N7OS/c1-17(35-25-30-29-23(32(25)19-12-13-19)18-9-8-14-27-16-18)24(34)28-22-15-21(26(2,3)4)31-33(22)20-10-6-5-7-11-20/h5-11,14-17,19H,12-13H2,1-4H3,(H,28,34)/t17-/m1/s1. The van der Waals surface area contributed by atoms with Crippen molar-refractivity contribution in [1.82, 2.24) is 29.5 Å². The van der Waals surface area contributed by atoms with Crippen LogP contribution in [0.1, 0.15) is 52.3 Å². The molecule has 0 radical (unpaired) electrons. The molecule has 4 aromatic rings. The number of rotatable bonds is 7.